The van der Waals surface area contributed by atoms with Crippen LogP contribution in [0.4, 0.5) is 11.4 Å². The highest BCUT2D eigenvalue weighted by molar-refractivity contribution is 6.22. The maximum atomic E-state index is 2.44. The minimum atomic E-state index is -0.138. The summed E-state index contributed by atoms with van der Waals surface area (Å²) in [5.74, 6) is 0. The van der Waals surface area contributed by atoms with E-state index in [4.69, 9.17) is 0 Å². The van der Waals surface area contributed by atoms with Crippen molar-refractivity contribution in [1.82, 2.24) is 0 Å². The maximum Gasteiger partial charge on any atom is 0.141 e. The van der Waals surface area contributed by atoms with Crippen LogP contribution in [0, 0.1) is 0 Å². The van der Waals surface area contributed by atoms with E-state index in [2.05, 4.69) is 175 Å². The molecule has 3 heteroatoms. The number of hydrogen-bond acceptors (Lipinski definition) is 2. The fourth-order valence-corrected chi connectivity index (χ4v) is 7.21. The average Bonchev–Trinajstić information content (AvgIpc) is 3.24. The van der Waals surface area contributed by atoms with E-state index in [1.54, 1.807) is 0 Å². The van der Waals surface area contributed by atoms with Gasteiger partial charge in [-0.25, -0.2) is 0 Å². The van der Waals surface area contributed by atoms with Crippen LogP contribution >= 0.6 is 0 Å². The Morgan fingerprint density at radius 3 is 1.85 bits per heavy atom. The summed E-state index contributed by atoms with van der Waals surface area (Å²) in [5, 5.41) is 5.31. The molecule has 0 spiro atoms. The zero-order valence-corrected chi connectivity index (χ0v) is 24.9. The van der Waals surface area contributed by atoms with Crippen molar-refractivity contribution in [3.05, 3.63) is 132 Å². The van der Waals surface area contributed by atoms with E-state index in [9.17, 15) is 0 Å². The van der Waals surface area contributed by atoms with Crippen LogP contribution in [0.25, 0.3) is 21.5 Å². The number of anilines is 2. The number of nitrogens with zero attached hydrogens (tertiary/aromatic N) is 2. The van der Waals surface area contributed by atoms with Crippen molar-refractivity contribution in [3.8, 4) is 0 Å². The van der Waals surface area contributed by atoms with Gasteiger partial charge < -0.3 is 9.80 Å². The first-order valence-corrected chi connectivity index (χ1v) is 14.3. The smallest absolute Gasteiger partial charge is 0.141 e. The van der Waals surface area contributed by atoms with Gasteiger partial charge >= 0.3 is 0 Å². The fourth-order valence-electron chi connectivity index (χ4n) is 7.21. The van der Waals surface area contributed by atoms with Crippen molar-refractivity contribution in [1.29, 1.82) is 0 Å². The van der Waals surface area contributed by atoms with Crippen molar-refractivity contribution in [3.63, 3.8) is 0 Å². The zero-order chi connectivity index (χ0) is 28.3. The van der Waals surface area contributed by atoms with E-state index in [-0.39, 0.29) is 16.3 Å². The monoisotopic (exact) mass is 522 g/mol. The molecule has 0 saturated heterocycles. The van der Waals surface area contributed by atoms with Crippen LogP contribution in [0.2, 0.25) is 0 Å². The predicted octanol–water partition coefficient (Wildman–Crippen LogP) is 8.03. The Kier molecular flexibility index (Phi) is 6.11. The van der Waals surface area contributed by atoms with E-state index in [0.29, 0.717) is 0 Å². The SMILES string of the molecule is BC1(/C=C/C=C/C=C/C=C2/N(C)c3ccc4ccccc4c3C2(C)C)N(C)c2ccc3ccccc3c2C1(C)C. The quantitative estimate of drug-likeness (QED) is 0.198. The number of allylic oxidation sites excluding steroid dienone is 7. The lowest BCUT2D eigenvalue weighted by Crippen LogP contribution is -2.53. The Bertz CT molecular complexity index is 1750. The van der Waals surface area contributed by atoms with Gasteiger partial charge in [-0.15, -0.1) is 0 Å². The van der Waals surface area contributed by atoms with E-state index >= 15 is 0 Å². The van der Waals surface area contributed by atoms with Crippen LogP contribution in [0.15, 0.2) is 121 Å². The van der Waals surface area contributed by atoms with Gasteiger partial charge in [0, 0.05) is 47.4 Å². The van der Waals surface area contributed by atoms with Crippen molar-refractivity contribution >= 4 is 40.8 Å². The summed E-state index contributed by atoms with van der Waals surface area (Å²) in [6.07, 6.45) is 15.4. The van der Waals surface area contributed by atoms with Gasteiger partial charge in [0.05, 0.1) is 0 Å². The summed E-state index contributed by atoms with van der Waals surface area (Å²) in [4.78, 5) is 4.79. The van der Waals surface area contributed by atoms with Gasteiger partial charge in [-0.3, -0.25) is 0 Å². The minimum absolute atomic E-state index is 0.0413. The molecule has 4 aromatic carbocycles. The van der Waals surface area contributed by atoms with Crippen molar-refractivity contribution < 1.29 is 0 Å². The fraction of sp³-hybridized carbons (Fsp3) is 0.243. The van der Waals surface area contributed by atoms with Crippen LogP contribution < -0.4 is 9.80 Å². The number of rotatable bonds is 4. The lowest BCUT2D eigenvalue weighted by Gasteiger charge is -2.42. The Labute approximate surface area is 240 Å². The Balaban J connectivity index is 1.22. The Hall–Kier alpha value is -3.98. The highest BCUT2D eigenvalue weighted by Crippen LogP contribution is 2.53. The second-order valence-corrected chi connectivity index (χ2v) is 12.6. The molecule has 0 saturated carbocycles. The molecule has 0 aliphatic carbocycles. The van der Waals surface area contributed by atoms with Crippen molar-refractivity contribution in [2.24, 2.45) is 0 Å². The van der Waals surface area contributed by atoms with E-state index < -0.39 is 0 Å². The maximum absolute atomic E-state index is 2.44. The highest BCUT2D eigenvalue weighted by Gasteiger charge is 2.51. The summed E-state index contributed by atoms with van der Waals surface area (Å²) in [6, 6.07) is 26.5. The van der Waals surface area contributed by atoms with Gasteiger partial charge in [0.25, 0.3) is 0 Å². The minimum Gasteiger partial charge on any atom is -0.372 e. The molecule has 1 unspecified atom stereocenters. The first-order valence-electron chi connectivity index (χ1n) is 14.3. The summed E-state index contributed by atoms with van der Waals surface area (Å²) in [7, 11) is 6.76. The van der Waals surface area contributed by atoms with Gasteiger partial charge in [-0.1, -0.05) is 125 Å². The summed E-state index contributed by atoms with van der Waals surface area (Å²) in [5.41, 5.74) is 6.54. The molecule has 40 heavy (non-hydrogen) atoms. The Morgan fingerprint density at radius 2 is 1.18 bits per heavy atom. The lowest BCUT2D eigenvalue weighted by molar-refractivity contribution is 0.444. The number of benzene rings is 4. The van der Waals surface area contributed by atoms with E-state index in [1.807, 2.05) is 0 Å². The molecule has 2 aliphatic heterocycles. The summed E-state index contributed by atoms with van der Waals surface area (Å²) in [6.45, 7) is 9.43. The normalized spacial score (nSPS) is 22.5. The molecule has 4 aromatic rings. The molecule has 0 aromatic heterocycles. The molecule has 6 rings (SSSR count). The number of fused-ring (bicyclic) bond motifs is 6. The van der Waals surface area contributed by atoms with Crippen molar-refractivity contribution in [2.75, 3.05) is 23.9 Å². The lowest BCUT2D eigenvalue weighted by atomic mass is 9.58. The number of likely N-dealkylation sites (N-methyl/N-ethyl adjacent to an activating group) is 2. The van der Waals surface area contributed by atoms with Crippen LogP contribution in [0.5, 0.6) is 0 Å². The van der Waals surface area contributed by atoms with E-state index in [1.165, 1.54) is 49.7 Å². The van der Waals surface area contributed by atoms with Crippen LogP contribution in [0.3, 0.4) is 0 Å². The molecule has 200 valence electrons. The second-order valence-electron chi connectivity index (χ2n) is 12.6. The largest absolute Gasteiger partial charge is 0.372 e. The van der Waals surface area contributed by atoms with Crippen LogP contribution in [-0.2, 0) is 10.8 Å². The van der Waals surface area contributed by atoms with Crippen molar-refractivity contribution in [2.45, 2.75) is 44.0 Å². The molecular formula is C37H39BN2. The third-order valence-corrected chi connectivity index (χ3v) is 9.87. The molecule has 0 amide bonds. The van der Waals surface area contributed by atoms with Gasteiger partial charge in [-0.2, -0.15) is 0 Å². The molecule has 2 aliphatic rings. The molecule has 0 radical (unpaired) electrons. The zero-order valence-electron chi connectivity index (χ0n) is 24.9. The second kappa shape index (κ2) is 9.30. The van der Waals surface area contributed by atoms with Gasteiger partial charge in [0.2, 0.25) is 0 Å². The molecule has 1 atom stereocenters. The van der Waals surface area contributed by atoms with Crippen LogP contribution in [-0.4, -0.2) is 27.4 Å². The van der Waals surface area contributed by atoms with Crippen LogP contribution in [0.1, 0.15) is 38.8 Å². The molecule has 0 bridgehead atoms. The standard InChI is InChI=1S/C37H39BN2/c1-35(2)32(39(5)30-23-21-26-16-11-13-18-28(26)33(30)35)20-10-8-7-9-15-25-37(38)36(3,4)34-29-19-14-12-17-27(29)22-24-31(34)40(37)6/h7-25H,38H2,1-6H3/b9-7+,10-8+,25-15+,32-20+. The Morgan fingerprint density at radius 1 is 0.625 bits per heavy atom. The number of hydrogen-bond donors (Lipinski definition) is 0. The first-order chi connectivity index (χ1) is 19.1. The third-order valence-electron chi connectivity index (χ3n) is 9.87. The summed E-state index contributed by atoms with van der Waals surface area (Å²) >= 11 is 0. The van der Waals surface area contributed by atoms with E-state index in [0.717, 1.165) is 0 Å². The van der Waals surface area contributed by atoms with Gasteiger partial charge in [0.1, 0.15) is 7.85 Å². The first kappa shape index (κ1) is 26.3. The molecule has 0 N–H and O–H groups in total. The molecule has 0 fully saturated rings. The van der Waals surface area contributed by atoms with Gasteiger partial charge in [-0.05, 0) is 50.9 Å². The highest BCUT2D eigenvalue weighted by atomic mass is 15.2. The van der Waals surface area contributed by atoms with Gasteiger partial charge in [0.15, 0.2) is 0 Å². The third kappa shape index (κ3) is 3.71. The molecular weight excluding hydrogens is 483 g/mol. The molecule has 2 nitrogen and oxygen atoms in total. The predicted molar refractivity (Wildman–Crippen MR) is 178 cm³/mol. The molecule has 2 heterocycles. The topological polar surface area (TPSA) is 6.48 Å². The average molecular weight is 523 g/mol. The summed E-state index contributed by atoms with van der Waals surface area (Å²) < 4.78 is 0.